The minimum atomic E-state index is 0.615. The van der Waals surface area contributed by atoms with Gasteiger partial charge in [0.25, 0.3) is 0 Å². The van der Waals surface area contributed by atoms with Gasteiger partial charge >= 0.3 is 0 Å². The van der Waals surface area contributed by atoms with Crippen LogP contribution in [-0.4, -0.2) is 29.6 Å². The van der Waals surface area contributed by atoms with Crippen LogP contribution < -0.4 is 10.6 Å². The van der Waals surface area contributed by atoms with Crippen LogP contribution in [-0.2, 0) is 0 Å². The van der Waals surface area contributed by atoms with E-state index in [1.807, 2.05) is 6.07 Å². The van der Waals surface area contributed by atoms with Crippen molar-refractivity contribution in [3.63, 3.8) is 0 Å². The van der Waals surface area contributed by atoms with Gasteiger partial charge in [0.15, 0.2) is 0 Å². The van der Waals surface area contributed by atoms with Crippen LogP contribution >= 0.6 is 0 Å². The van der Waals surface area contributed by atoms with Crippen molar-refractivity contribution in [3.05, 3.63) is 18.5 Å². The monoisotopic (exact) mass is 178 g/mol. The molecule has 4 heteroatoms. The Morgan fingerprint density at radius 2 is 2.23 bits per heavy atom. The van der Waals surface area contributed by atoms with Gasteiger partial charge < -0.3 is 10.6 Å². The van der Waals surface area contributed by atoms with E-state index in [0.717, 1.165) is 32.0 Å². The Bertz CT molecular complexity index is 262. The number of hydrogen-bond donors (Lipinski definition) is 1. The van der Waals surface area contributed by atoms with Crippen molar-refractivity contribution in [1.29, 1.82) is 0 Å². The molecule has 1 fully saturated rings. The predicted molar refractivity (Wildman–Crippen MR) is 51.4 cm³/mol. The molecule has 0 aliphatic carbocycles. The van der Waals surface area contributed by atoms with Crippen molar-refractivity contribution in [1.82, 2.24) is 9.97 Å². The maximum absolute atomic E-state index is 5.61. The number of rotatable bonds is 2. The van der Waals surface area contributed by atoms with Gasteiger partial charge in [0.2, 0.25) is 5.95 Å². The second-order valence-electron chi connectivity index (χ2n) is 3.39. The minimum Gasteiger partial charge on any atom is -0.340 e. The summed E-state index contributed by atoms with van der Waals surface area (Å²) in [5, 5.41) is 0. The second kappa shape index (κ2) is 3.70. The molecule has 4 nitrogen and oxygen atoms in total. The van der Waals surface area contributed by atoms with Gasteiger partial charge in [-0.05, 0) is 24.9 Å². The van der Waals surface area contributed by atoms with E-state index in [4.69, 9.17) is 5.73 Å². The molecular weight excluding hydrogens is 164 g/mol. The summed E-state index contributed by atoms with van der Waals surface area (Å²) in [7, 11) is 0. The lowest BCUT2D eigenvalue weighted by molar-refractivity contribution is 0.602. The normalized spacial score (nSPS) is 22.2. The highest BCUT2D eigenvalue weighted by atomic mass is 15.3. The average Bonchev–Trinajstić information content (AvgIpc) is 2.67. The van der Waals surface area contributed by atoms with Gasteiger partial charge in [-0.3, -0.25) is 0 Å². The highest BCUT2D eigenvalue weighted by molar-refractivity contribution is 5.30. The first-order valence-corrected chi connectivity index (χ1v) is 4.62. The predicted octanol–water partition coefficient (Wildman–Crippen LogP) is 0.262. The molecular formula is C9H14N4. The Kier molecular flexibility index (Phi) is 2.40. The van der Waals surface area contributed by atoms with Crippen LogP contribution in [0, 0.1) is 5.92 Å². The molecule has 2 N–H and O–H groups in total. The smallest absolute Gasteiger partial charge is 0.225 e. The molecule has 13 heavy (non-hydrogen) atoms. The number of nitrogens with zero attached hydrogens (tertiary/aromatic N) is 3. The molecule has 0 saturated carbocycles. The molecule has 0 amide bonds. The van der Waals surface area contributed by atoms with Crippen LogP contribution in [0.2, 0.25) is 0 Å². The number of nitrogens with two attached hydrogens (primary N) is 1. The molecule has 1 saturated heterocycles. The molecule has 0 aromatic carbocycles. The number of hydrogen-bond acceptors (Lipinski definition) is 4. The van der Waals surface area contributed by atoms with E-state index in [-0.39, 0.29) is 0 Å². The summed E-state index contributed by atoms with van der Waals surface area (Å²) >= 11 is 0. The van der Waals surface area contributed by atoms with E-state index in [1.165, 1.54) is 0 Å². The van der Waals surface area contributed by atoms with Crippen molar-refractivity contribution in [2.24, 2.45) is 11.7 Å². The van der Waals surface area contributed by atoms with Crippen LogP contribution in [0.1, 0.15) is 6.42 Å². The summed E-state index contributed by atoms with van der Waals surface area (Å²) < 4.78 is 0. The van der Waals surface area contributed by atoms with Crippen molar-refractivity contribution < 1.29 is 0 Å². The fraction of sp³-hybridized carbons (Fsp3) is 0.556. The number of anilines is 1. The quantitative estimate of drug-likeness (QED) is 0.706. The third kappa shape index (κ3) is 1.78. The molecule has 1 aliphatic rings. The first-order valence-electron chi connectivity index (χ1n) is 4.62. The summed E-state index contributed by atoms with van der Waals surface area (Å²) in [6.45, 7) is 2.80. The zero-order valence-electron chi connectivity index (χ0n) is 7.56. The Hall–Kier alpha value is -1.16. The SMILES string of the molecule is NC[C@@H]1CCN(c2ncccn2)C1. The van der Waals surface area contributed by atoms with Gasteiger partial charge in [-0.1, -0.05) is 0 Å². The summed E-state index contributed by atoms with van der Waals surface area (Å²) in [5.41, 5.74) is 5.61. The maximum atomic E-state index is 5.61. The van der Waals surface area contributed by atoms with Crippen molar-refractivity contribution in [3.8, 4) is 0 Å². The van der Waals surface area contributed by atoms with E-state index in [2.05, 4.69) is 14.9 Å². The summed E-state index contributed by atoms with van der Waals surface area (Å²) in [6, 6.07) is 1.83. The second-order valence-corrected chi connectivity index (χ2v) is 3.39. The molecule has 1 atom stereocenters. The van der Waals surface area contributed by atoms with Crippen LogP contribution in [0.3, 0.4) is 0 Å². The zero-order valence-corrected chi connectivity index (χ0v) is 7.56. The molecule has 1 aliphatic heterocycles. The molecule has 1 aromatic heterocycles. The Morgan fingerprint density at radius 3 is 2.85 bits per heavy atom. The van der Waals surface area contributed by atoms with Crippen molar-refractivity contribution >= 4 is 5.95 Å². The Labute approximate surface area is 77.8 Å². The number of aromatic nitrogens is 2. The van der Waals surface area contributed by atoms with Gasteiger partial charge in [0, 0.05) is 25.5 Å². The largest absolute Gasteiger partial charge is 0.340 e. The third-order valence-corrected chi connectivity index (χ3v) is 2.45. The topological polar surface area (TPSA) is 55.0 Å². The lowest BCUT2D eigenvalue weighted by atomic mass is 10.1. The molecule has 2 rings (SSSR count). The van der Waals surface area contributed by atoms with Crippen molar-refractivity contribution in [2.45, 2.75) is 6.42 Å². The molecule has 70 valence electrons. The molecule has 1 aromatic rings. The van der Waals surface area contributed by atoms with E-state index < -0.39 is 0 Å². The molecule has 0 radical (unpaired) electrons. The van der Waals surface area contributed by atoms with E-state index >= 15 is 0 Å². The van der Waals surface area contributed by atoms with Gasteiger partial charge in [-0.25, -0.2) is 9.97 Å². The molecule has 0 unspecified atom stereocenters. The third-order valence-electron chi connectivity index (χ3n) is 2.45. The lowest BCUT2D eigenvalue weighted by Gasteiger charge is -2.14. The van der Waals surface area contributed by atoms with Gasteiger partial charge in [0.05, 0.1) is 0 Å². The zero-order chi connectivity index (χ0) is 9.10. The Balaban J connectivity index is 2.04. The summed E-state index contributed by atoms with van der Waals surface area (Å²) in [6.07, 6.45) is 4.71. The fourth-order valence-electron chi connectivity index (χ4n) is 1.66. The lowest BCUT2D eigenvalue weighted by Crippen LogP contribution is -2.24. The van der Waals surface area contributed by atoms with E-state index in [9.17, 15) is 0 Å². The van der Waals surface area contributed by atoms with Crippen molar-refractivity contribution in [2.75, 3.05) is 24.5 Å². The standard InChI is InChI=1S/C9H14N4/c10-6-8-2-5-13(7-8)9-11-3-1-4-12-9/h1,3-4,8H,2,5-7,10H2/t8-/m0/s1. The van der Waals surface area contributed by atoms with Crippen LogP contribution in [0.5, 0.6) is 0 Å². The molecule has 0 spiro atoms. The van der Waals surface area contributed by atoms with Gasteiger partial charge in [-0.2, -0.15) is 0 Å². The van der Waals surface area contributed by atoms with Gasteiger partial charge in [-0.15, -0.1) is 0 Å². The molecule has 2 heterocycles. The average molecular weight is 178 g/mol. The summed E-state index contributed by atoms with van der Waals surface area (Å²) in [5.74, 6) is 1.45. The maximum Gasteiger partial charge on any atom is 0.225 e. The highest BCUT2D eigenvalue weighted by Crippen LogP contribution is 2.18. The van der Waals surface area contributed by atoms with E-state index in [0.29, 0.717) is 5.92 Å². The minimum absolute atomic E-state index is 0.615. The highest BCUT2D eigenvalue weighted by Gasteiger charge is 2.22. The van der Waals surface area contributed by atoms with E-state index in [1.54, 1.807) is 12.4 Å². The first-order chi connectivity index (χ1) is 6.40. The fourth-order valence-corrected chi connectivity index (χ4v) is 1.66. The van der Waals surface area contributed by atoms with Crippen LogP contribution in [0.25, 0.3) is 0 Å². The van der Waals surface area contributed by atoms with Crippen LogP contribution in [0.4, 0.5) is 5.95 Å². The van der Waals surface area contributed by atoms with Gasteiger partial charge in [0.1, 0.15) is 0 Å². The Morgan fingerprint density at radius 1 is 1.46 bits per heavy atom. The van der Waals surface area contributed by atoms with Crippen LogP contribution in [0.15, 0.2) is 18.5 Å². The summed E-state index contributed by atoms with van der Waals surface area (Å²) in [4.78, 5) is 10.6. The molecule has 0 bridgehead atoms. The first kappa shape index (κ1) is 8.44.